The minimum absolute atomic E-state index is 0.154. The number of para-hydroxylation sites is 1. The molecule has 0 saturated carbocycles. The summed E-state index contributed by atoms with van der Waals surface area (Å²) in [4.78, 5) is 12.0. The van der Waals surface area contributed by atoms with E-state index in [9.17, 15) is 9.90 Å². The van der Waals surface area contributed by atoms with Crippen molar-refractivity contribution in [1.82, 2.24) is 10.5 Å². The summed E-state index contributed by atoms with van der Waals surface area (Å²) in [5.74, 6) is 0.0669. The van der Waals surface area contributed by atoms with E-state index in [1.165, 1.54) is 0 Å². The van der Waals surface area contributed by atoms with Crippen LogP contribution >= 0.6 is 0 Å². The quantitative estimate of drug-likeness (QED) is 0.820. The van der Waals surface area contributed by atoms with Crippen LogP contribution < -0.4 is 5.32 Å². The molecule has 0 aliphatic heterocycles. The molecule has 0 aliphatic carbocycles. The normalized spacial score (nSPS) is 12.8. The van der Waals surface area contributed by atoms with Crippen LogP contribution in [0.15, 0.2) is 28.8 Å². The van der Waals surface area contributed by atoms with Gasteiger partial charge in [-0.1, -0.05) is 44.0 Å². The van der Waals surface area contributed by atoms with Crippen molar-refractivity contribution in [2.75, 3.05) is 6.54 Å². The number of aliphatic hydroxyl groups excluding tert-OH is 1. The maximum Gasteiger partial charge on any atom is 0.226 e. The van der Waals surface area contributed by atoms with Gasteiger partial charge in [0, 0.05) is 11.9 Å². The first kappa shape index (κ1) is 15.5. The van der Waals surface area contributed by atoms with Crippen LogP contribution in [0.4, 0.5) is 0 Å². The largest absolute Gasteiger partial charge is 0.391 e. The van der Waals surface area contributed by atoms with Crippen LogP contribution in [-0.4, -0.2) is 28.8 Å². The minimum Gasteiger partial charge on any atom is -0.391 e. The van der Waals surface area contributed by atoms with Gasteiger partial charge in [0.2, 0.25) is 5.91 Å². The maximum absolute atomic E-state index is 12.0. The number of hydrogen-bond donors (Lipinski definition) is 2. The lowest BCUT2D eigenvalue weighted by Crippen LogP contribution is -2.36. The van der Waals surface area contributed by atoms with Gasteiger partial charge in [-0.05, 0) is 18.1 Å². The molecule has 5 heteroatoms. The fourth-order valence-electron chi connectivity index (χ4n) is 2.50. The number of benzene rings is 1. The van der Waals surface area contributed by atoms with Crippen LogP contribution in [-0.2, 0) is 11.2 Å². The van der Waals surface area contributed by atoms with Gasteiger partial charge in [0.05, 0.1) is 12.5 Å². The number of carbonyl (C=O) groups excluding carboxylic acids is 1. The summed E-state index contributed by atoms with van der Waals surface area (Å²) in [5.41, 5.74) is 1.30. The first-order chi connectivity index (χ1) is 10.2. The molecule has 2 aromatic rings. The van der Waals surface area contributed by atoms with Crippen molar-refractivity contribution in [3.8, 4) is 0 Å². The highest BCUT2D eigenvalue weighted by Gasteiger charge is 2.17. The van der Waals surface area contributed by atoms with Crippen LogP contribution in [0.2, 0.25) is 0 Å². The Morgan fingerprint density at radius 1 is 1.33 bits per heavy atom. The topological polar surface area (TPSA) is 75.4 Å². The lowest BCUT2D eigenvalue weighted by atomic mass is 9.96. The second-order valence-corrected chi connectivity index (χ2v) is 5.25. The summed E-state index contributed by atoms with van der Waals surface area (Å²) in [6.07, 6.45) is 1.47. The Labute approximate surface area is 124 Å². The van der Waals surface area contributed by atoms with Gasteiger partial charge in [-0.25, -0.2) is 0 Å². The van der Waals surface area contributed by atoms with Gasteiger partial charge < -0.3 is 14.9 Å². The molecular formula is C16H22N2O3. The Morgan fingerprint density at radius 2 is 2.05 bits per heavy atom. The predicted octanol–water partition coefficient (Wildman–Crippen LogP) is 2.28. The van der Waals surface area contributed by atoms with E-state index in [4.69, 9.17) is 4.52 Å². The first-order valence-corrected chi connectivity index (χ1v) is 7.43. The Bertz CT molecular complexity index is 590. The number of nitrogens with zero attached hydrogens (tertiary/aromatic N) is 1. The molecule has 0 radical (unpaired) electrons. The molecule has 1 atom stereocenters. The lowest BCUT2D eigenvalue weighted by molar-refractivity contribution is -0.121. The summed E-state index contributed by atoms with van der Waals surface area (Å²) in [7, 11) is 0. The van der Waals surface area contributed by atoms with Crippen molar-refractivity contribution in [2.24, 2.45) is 5.92 Å². The minimum atomic E-state index is -0.502. The highest BCUT2D eigenvalue weighted by molar-refractivity contribution is 5.86. The lowest BCUT2D eigenvalue weighted by Gasteiger charge is -2.20. The fraction of sp³-hybridized carbons (Fsp3) is 0.500. The zero-order valence-electron chi connectivity index (χ0n) is 12.5. The molecular weight excluding hydrogens is 268 g/mol. The summed E-state index contributed by atoms with van der Waals surface area (Å²) < 4.78 is 5.17. The van der Waals surface area contributed by atoms with Gasteiger partial charge in [0.15, 0.2) is 5.58 Å². The van der Waals surface area contributed by atoms with E-state index in [-0.39, 0.29) is 24.8 Å². The summed E-state index contributed by atoms with van der Waals surface area (Å²) in [6, 6.07) is 7.45. The standard InChI is InChI=1S/C16H22N2O3/c1-3-11(4-2)14(19)10-17-16(20)9-13-12-7-5-6-8-15(12)21-18-13/h5-8,11,14,19H,3-4,9-10H2,1-2H3,(H,17,20). The Balaban J connectivity index is 1.90. The van der Waals surface area contributed by atoms with Crippen molar-refractivity contribution >= 4 is 16.9 Å². The Morgan fingerprint density at radius 3 is 2.76 bits per heavy atom. The third-order valence-corrected chi connectivity index (χ3v) is 3.88. The molecule has 0 saturated heterocycles. The molecule has 114 valence electrons. The van der Waals surface area contributed by atoms with Crippen LogP contribution in [0.25, 0.3) is 11.0 Å². The number of carbonyl (C=O) groups is 1. The van der Waals surface area contributed by atoms with Gasteiger partial charge in [-0.15, -0.1) is 0 Å². The van der Waals surface area contributed by atoms with Crippen LogP contribution in [0.5, 0.6) is 0 Å². The SMILES string of the molecule is CCC(CC)C(O)CNC(=O)Cc1noc2ccccc12. The number of nitrogens with one attached hydrogen (secondary N) is 1. The zero-order chi connectivity index (χ0) is 15.2. The molecule has 21 heavy (non-hydrogen) atoms. The van der Waals surface area contributed by atoms with Crippen molar-refractivity contribution in [3.63, 3.8) is 0 Å². The average Bonchev–Trinajstić information content (AvgIpc) is 2.90. The molecule has 0 bridgehead atoms. The number of aliphatic hydroxyl groups is 1. The molecule has 2 rings (SSSR count). The summed E-state index contributed by atoms with van der Waals surface area (Å²) >= 11 is 0. The molecule has 2 N–H and O–H groups in total. The first-order valence-electron chi connectivity index (χ1n) is 7.43. The summed E-state index contributed by atoms with van der Waals surface area (Å²) in [6.45, 7) is 4.36. The molecule has 1 aromatic heterocycles. The maximum atomic E-state index is 12.0. The van der Waals surface area contributed by atoms with E-state index in [2.05, 4.69) is 10.5 Å². The zero-order valence-corrected chi connectivity index (χ0v) is 12.5. The van der Waals surface area contributed by atoms with Gasteiger partial charge >= 0.3 is 0 Å². The molecule has 0 fully saturated rings. The fourth-order valence-corrected chi connectivity index (χ4v) is 2.50. The smallest absolute Gasteiger partial charge is 0.226 e. The Kier molecular flexibility index (Phi) is 5.33. The molecule has 0 aliphatic rings. The van der Waals surface area contributed by atoms with Crippen molar-refractivity contribution in [2.45, 2.75) is 39.2 Å². The molecule has 5 nitrogen and oxygen atoms in total. The average molecular weight is 290 g/mol. The van der Waals surface area contributed by atoms with Crippen molar-refractivity contribution in [3.05, 3.63) is 30.0 Å². The molecule has 1 heterocycles. The van der Waals surface area contributed by atoms with E-state index >= 15 is 0 Å². The second-order valence-electron chi connectivity index (χ2n) is 5.25. The third-order valence-electron chi connectivity index (χ3n) is 3.88. The Hall–Kier alpha value is -1.88. The monoisotopic (exact) mass is 290 g/mol. The number of rotatable bonds is 7. The highest BCUT2D eigenvalue weighted by atomic mass is 16.5. The number of amides is 1. The number of aromatic nitrogens is 1. The molecule has 1 aromatic carbocycles. The van der Waals surface area contributed by atoms with Gasteiger partial charge in [0.25, 0.3) is 0 Å². The van der Waals surface area contributed by atoms with Gasteiger partial charge in [-0.2, -0.15) is 0 Å². The van der Waals surface area contributed by atoms with Crippen molar-refractivity contribution < 1.29 is 14.4 Å². The second kappa shape index (κ2) is 7.22. The van der Waals surface area contributed by atoms with E-state index < -0.39 is 6.10 Å². The van der Waals surface area contributed by atoms with Crippen LogP contribution in [0, 0.1) is 5.92 Å². The van der Waals surface area contributed by atoms with Crippen LogP contribution in [0.3, 0.4) is 0 Å². The van der Waals surface area contributed by atoms with Gasteiger partial charge in [-0.3, -0.25) is 4.79 Å². The van der Waals surface area contributed by atoms with E-state index in [1.54, 1.807) is 0 Å². The summed E-state index contributed by atoms with van der Waals surface area (Å²) in [5, 5.41) is 17.6. The van der Waals surface area contributed by atoms with E-state index in [0.29, 0.717) is 11.3 Å². The van der Waals surface area contributed by atoms with E-state index in [1.807, 2.05) is 38.1 Å². The molecule has 1 amide bonds. The van der Waals surface area contributed by atoms with Crippen molar-refractivity contribution in [1.29, 1.82) is 0 Å². The predicted molar refractivity (Wildman–Crippen MR) is 80.8 cm³/mol. The highest BCUT2D eigenvalue weighted by Crippen LogP contribution is 2.18. The molecule has 0 spiro atoms. The molecule has 1 unspecified atom stereocenters. The van der Waals surface area contributed by atoms with E-state index in [0.717, 1.165) is 18.2 Å². The number of hydrogen-bond acceptors (Lipinski definition) is 4. The van der Waals surface area contributed by atoms with Crippen LogP contribution in [0.1, 0.15) is 32.4 Å². The van der Waals surface area contributed by atoms with Gasteiger partial charge in [0.1, 0.15) is 5.69 Å². The third kappa shape index (κ3) is 3.82. The number of fused-ring (bicyclic) bond motifs is 1.